The van der Waals surface area contributed by atoms with Crippen molar-refractivity contribution in [1.29, 1.82) is 0 Å². The van der Waals surface area contributed by atoms with Crippen LogP contribution in [0.1, 0.15) is 36.9 Å². The van der Waals surface area contributed by atoms with Crippen LogP contribution in [0.4, 0.5) is 0 Å². The minimum Gasteiger partial charge on any atom is -0.497 e. The smallest absolute Gasteiger partial charge is 0.226 e. The minimum absolute atomic E-state index is 0.202. The van der Waals surface area contributed by atoms with Crippen LogP contribution in [0.25, 0.3) is 0 Å². The van der Waals surface area contributed by atoms with E-state index in [1.54, 1.807) is 7.11 Å². The second-order valence-corrected chi connectivity index (χ2v) is 5.30. The van der Waals surface area contributed by atoms with E-state index in [1.165, 1.54) is 11.1 Å². The summed E-state index contributed by atoms with van der Waals surface area (Å²) in [7, 11) is 1.69. The molecule has 0 aromatic heterocycles. The normalized spacial score (nSPS) is 22.6. The molecule has 1 heterocycles. The van der Waals surface area contributed by atoms with Crippen molar-refractivity contribution in [3.63, 3.8) is 0 Å². The molecule has 1 aliphatic heterocycles. The number of benzene rings is 1. The fourth-order valence-electron chi connectivity index (χ4n) is 2.80. The van der Waals surface area contributed by atoms with E-state index in [0.29, 0.717) is 11.8 Å². The molecule has 3 heteroatoms. The molecular weight excluding hydrogens is 226 g/mol. The highest BCUT2D eigenvalue weighted by atomic mass is 16.5. The quantitative estimate of drug-likeness (QED) is 0.801. The largest absolute Gasteiger partial charge is 0.497 e. The first-order chi connectivity index (χ1) is 8.70. The predicted octanol–water partition coefficient (Wildman–Crippen LogP) is 2.55. The summed E-state index contributed by atoms with van der Waals surface area (Å²) in [5.41, 5.74) is 2.60. The van der Waals surface area contributed by atoms with Gasteiger partial charge < -0.3 is 9.64 Å². The van der Waals surface area contributed by atoms with E-state index in [2.05, 4.69) is 19.1 Å². The zero-order valence-electron chi connectivity index (χ0n) is 11.0. The first kappa shape index (κ1) is 11.6. The highest BCUT2D eigenvalue weighted by molar-refractivity contribution is 5.81. The third-order valence-electron chi connectivity index (χ3n) is 4.10. The Labute approximate surface area is 108 Å². The molecule has 1 atom stereocenters. The van der Waals surface area contributed by atoms with E-state index in [0.717, 1.165) is 31.6 Å². The predicted molar refractivity (Wildman–Crippen MR) is 69.6 cm³/mol. The molecule has 1 fully saturated rings. The van der Waals surface area contributed by atoms with E-state index < -0.39 is 0 Å². The van der Waals surface area contributed by atoms with Gasteiger partial charge in [0.25, 0.3) is 0 Å². The number of carbonyl (C=O) groups is 1. The number of hydrogen-bond acceptors (Lipinski definition) is 2. The molecule has 1 aromatic rings. The number of ether oxygens (including phenoxy) is 1. The van der Waals surface area contributed by atoms with E-state index in [4.69, 9.17) is 4.74 Å². The number of amides is 1. The van der Waals surface area contributed by atoms with Crippen molar-refractivity contribution in [3.05, 3.63) is 29.3 Å². The Morgan fingerprint density at radius 1 is 1.39 bits per heavy atom. The summed E-state index contributed by atoms with van der Waals surface area (Å²) in [6.45, 7) is 2.97. The molecule has 1 aromatic carbocycles. The summed E-state index contributed by atoms with van der Waals surface area (Å²) in [5.74, 6) is 1.57. The molecule has 3 rings (SSSR count). The molecule has 1 aliphatic carbocycles. The molecule has 96 valence electrons. The molecule has 1 amide bonds. The summed E-state index contributed by atoms with van der Waals surface area (Å²) in [4.78, 5) is 14.3. The number of carbonyl (C=O) groups excluding carboxylic acids is 1. The molecule has 0 spiro atoms. The topological polar surface area (TPSA) is 29.5 Å². The van der Waals surface area contributed by atoms with E-state index >= 15 is 0 Å². The Morgan fingerprint density at radius 2 is 2.17 bits per heavy atom. The summed E-state index contributed by atoms with van der Waals surface area (Å²) in [6.07, 6.45) is 3.10. The first-order valence-electron chi connectivity index (χ1n) is 6.68. The zero-order chi connectivity index (χ0) is 12.7. The molecule has 1 unspecified atom stereocenters. The maximum atomic E-state index is 12.2. The second-order valence-electron chi connectivity index (χ2n) is 5.30. The summed E-state index contributed by atoms with van der Waals surface area (Å²) in [6, 6.07) is 6.39. The Balaban J connectivity index is 1.87. The van der Waals surface area contributed by atoms with Crippen molar-refractivity contribution in [1.82, 2.24) is 4.90 Å². The SMILES string of the molecule is COc1ccc2c(c1)CCN(C(=O)C1CC1)C2C. The van der Waals surface area contributed by atoms with E-state index in [9.17, 15) is 4.79 Å². The standard InChI is InChI=1S/C15H19NO2/c1-10-14-6-5-13(18-2)9-12(14)7-8-16(10)15(17)11-3-4-11/h5-6,9-11H,3-4,7-8H2,1-2H3. The zero-order valence-corrected chi connectivity index (χ0v) is 11.0. The van der Waals surface area contributed by atoms with Crippen LogP contribution in [-0.4, -0.2) is 24.5 Å². The van der Waals surface area contributed by atoms with Gasteiger partial charge in [0.15, 0.2) is 0 Å². The van der Waals surface area contributed by atoms with E-state index in [-0.39, 0.29) is 6.04 Å². The van der Waals surface area contributed by atoms with Gasteiger partial charge in [-0.2, -0.15) is 0 Å². The molecule has 3 nitrogen and oxygen atoms in total. The van der Waals surface area contributed by atoms with Crippen LogP contribution in [0.2, 0.25) is 0 Å². The monoisotopic (exact) mass is 245 g/mol. The lowest BCUT2D eigenvalue weighted by Crippen LogP contribution is -2.39. The number of fused-ring (bicyclic) bond motifs is 1. The van der Waals surface area contributed by atoms with Gasteiger partial charge >= 0.3 is 0 Å². The van der Waals surface area contributed by atoms with Crippen molar-refractivity contribution >= 4 is 5.91 Å². The van der Waals surface area contributed by atoms with Gasteiger partial charge in [0, 0.05) is 12.5 Å². The Kier molecular flexibility index (Phi) is 2.77. The van der Waals surface area contributed by atoms with Crippen molar-refractivity contribution in [2.75, 3.05) is 13.7 Å². The molecule has 0 bridgehead atoms. The molecule has 0 N–H and O–H groups in total. The molecule has 0 radical (unpaired) electrons. The fourth-order valence-corrected chi connectivity index (χ4v) is 2.80. The van der Waals surface area contributed by atoms with Crippen molar-refractivity contribution in [2.45, 2.75) is 32.2 Å². The lowest BCUT2D eigenvalue weighted by Gasteiger charge is -2.35. The minimum atomic E-state index is 0.202. The average Bonchev–Trinajstić information content (AvgIpc) is 3.22. The third-order valence-corrected chi connectivity index (χ3v) is 4.10. The average molecular weight is 245 g/mol. The van der Waals surface area contributed by atoms with Gasteiger partial charge in [-0.05, 0) is 49.4 Å². The van der Waals surface area contributed by atoms with E-state index in [1.807, 2.05) is 11.0 Å². The van der Waals surface area contributed by atoms with Crippen molar-refractivity contribution in [3.8, 4) is 5.75 Å². The maximum Gasteiger partial charge on any atom is 0.226 e. The van der Waals surface area contributed by atoms with Crippen LogP contribution in [0.5, 0.6) is 5.75 Å². The van der Waals surface area contributed by atoms with Gasteiger partial charge in [0.2, 0.25) is 5.91 Å². The number of nitrogens with zero attached hydrogens (tertiary/aromatic N) is 1. The van der Waals surface area contributed by atoms with Crippen LogP contribution in [0.3, 0.4) is 0 Å². The highest BCUT2D eigenvalue weighted by Gasteiger charge is 2.37. The Morgan fingerprint density at radius 3 is 2.83 bits per heavy atom. The summed E-state index contributed by atoms with van der Waals surface area (Å²) >= 11 is 0. The number of hydrogen-bond donors (Lipinski definition) is 0. The molecule has 1 saturated carbocycles. The van der Waals surface area contributed by atoms with Crippen molar-refractivity contribution < 1.29 is 9.53 Å². The molecule has 0 saturated heterocycles. The van der Waals surface area contributed by atoms with Gasteiger partial charge in [0.1, 0.15) is 5.75 Å². The highest BCUT2D eigenvalue weighted by Crippen LogP contribution is 2.37. The Hall–Kier alpha value is -1.51. The maximum absolute atomic E-state index is 12.2. The van der Waals surface area contributed by atoms with Gasteiger partial charge in [-0.15, -0.1) is 0 Å². The van der Waals surface area contributed by atoms with Gasteiger partial charge in [-0.1, -0.05) is 6.07 Å². The number of rotatable bonds is 2. The molecule has 2 aliphatic rings. The lowest BCUT2D eigenvalue weighted by atomic mass is 9.93. The fraction of sp³-hybridized carbons (Fsp3) is 0.533. The number of methoxy groups -OCH3 is 1. The van der Waals surface area contributed by atoms with Gasteiger partial charge in [0.05, 0.1) is 13.2 Å². The first-order valence-corrected chi connectivity index (χ1v) is 6.68. The summed E-state index contributed by atoms with van der Waals surface area (Å²) in [5, 5.41) is 0. The van der Waals surface area contributed by atoms with Crippen LogP contribution in [0, 0.1) is 5.92 Å². The van der Waals surface area contributed by atoms with Gasteiger partial charge in [-0.3, -0.25) is 4.79 Å². The Bertz CT molecular complexity index is 479. The van der Waals surface area contributed by atoms with Gasteiger partial charge in [-0.25, -0.2) is 0 Å². The van der Waals surface area contributed by atoms with Crippen LogP contribution < -0.4 is 4.74 Å². The van der Waals surface area contributed by atoms with Crippen LogP contribution >= 0.6 is 0 Å². The van der Waals surface area contributed by atoms with Crippen LogP contribution in [0.15, 0.2) is 18.2 Å². The molecular formula is C15H19NO2. The summed E-state index contributed by atoms with van der Waals surface area (Å²) < 4.78 is 5.26. The lowest BCUT2D eigenvalue weighted by molar-refractivity contribution is -0.135. The molecule has 18 heavy (non-hydrogen) atoms. The van der Waals surface area contributed by atoms with Crippen LogP contribution in [-0.2, 0) is 11.2 Å². The second kappa shape index (κ2) is 4.30. The van der Waals surface area contributed by atoms with Crippen molar-refractivity contribution in [2.24, 2.45) is 5.92 Å². The third kappa shape index (κ3) is 1.88.